The van der Waals surface area contributed by atoms with E-state index in [4.69, 9.17) is 0 Å². The van der Waals surface area contributed by atoms with Crippen molar-refractivity contribution in [1.82, 2.24) is 5.32 Å². The van der Waals surface area contributed by atoms with Crippen molar-refractivity contribution in [3.8, 4) is 0 Å². The van der Waals surface area contributed by atoms with Gasteiger partial charge in [0, 0.05) is 6.04 Å². The first-order chi connectivity index (χ1) is 5.97. The van der Waals surface area contributed by atoms with Gasteiger partial charge in [-0.3, -0.25) is 0 Å². The molecule has 0 aromatic rings. The molecular formula is C12H27N. The van der Waals surface area contributed by atoms with Gasteiger partial charge in [-0.05, 0) is 44.6 Å². The molecule has 0 fully saturated rings. The molecule has 1 heteroatoms. The molecular weight excluding hydrogens is 158 g/mol. The van der Waals surface area contributed by atoms with Crippen molar-refractivity contribution < 1.29 is 0 Å². The average Bonchev–Trinajstić information content (AvgIpc) is 2.00. The Hall–Kier alpha value is -0.0400. The third kappa shape index (κ3) is 6.09. The normalized spacial score (nSPS) is 14.5. The molecule has 1 N–H and O–H groups in total. The third-order valence-electron chi connectivity index (χ3n) is 2.71. The summed E-state index contributed by atoms with van der Waals surface area (Å²) in [5, 5.41) is 3.38. The maximum Gasteiger partial charge on any atom is 0.00641 e. The van der Waals surface area contributed by atoms with E-state index in [1.165, 1.54) is 12.8 Å². The van der Waals surface area contributed by atoms with E-state index in [0.717, 1.165) is 17.8 Å². The molecule has 0 aliphatic carbocycles. The van der Waals surface area contributed by atoms with Crippen molar-refractivity contribution in [1.29, 1.82) is 0 Å². The molecule has 0 bridgehead atoms. The van der Waals surface area contributed by atoms with E-state index in [9.17, 15) is 0 Å². The van der Waals surface area contributed by atoms with Gasteiger partial charge in [-0.2, -0.15) is 0 Å². The highest BCUT2D eigenvalue weighted by Crippen LogP contribution is 2.22. The average molecular weight is 185 g/mol. The number of hydrogen-bond donors (Lipinski definition) is 1. The molecule has 0 rings (SSSR count). The Morgan fingerprint density at radius 3 is 1.46 bits per heavy atom. The maximum atomic E-state index is 3.38. The zero-order valence-corrected chi connectivity index (χ0v) is 10.2. The summed E-state index contributed by atoms with van der Waals surface area (Å²) >= 11 is 0. The Balaban J connectivity index is 4.02. The lowest BCUT2D eigenvalue weighted by molar-refractivity contribution is 0.281. The second kappa shape index (κ2) is 6.42. The van der Waals surface area contributed by atoms with E-state index in [1.54, 1.807) is 0 Å². The summed E-state index contributed by atoms with van der Waals surface area (Å²) in [7, 11) is 2.07. The van der Waals surface area contributed by atoms with Gasteiger partial charge in [-0.1, -0.05) is 27.7 Å². The lowest BCUT2D eigenvalue weighted by Gasteiger charge is -2.26. The van der Waals surface area contributed by atoms with Crippen LogP contribution in [0, 0.1) is 17.8 Å². The van der Waals surface area contributed by atoms with E-state index < -0.39 is 0 Å². The predicted octanol–water partition coefficient (Wildman–Crippen LogP) is 3.30. The summed E-state index contributed by atoms with van der Waals surface area (Å²) in [6, 6.07) is 0.657. The first-order valence-electron chi connectivity index (χ1n) is 5.64. The van der Waals surface area contributed by atoms with Gasteiger partial charge in [0.05, 0.1) is 0 Å². The van der Waals surface area contributed by atoms with Crippen molar-refractivity contribution in [2.24, 2.45) is 17.8 Å². The van der Waals surface area contributed by atoms with Crippen LogP contribution in [-0.4, -0.2) is 13.1 Å². The van der Waals surface area contributed by atoms with Gasteiger partial charge in [0.1, 0.15) is 0 Å². The number of rotatable bonds is 6. The Bertz CT molecular complexity index is 108. The van der Waals surface area contributed by atoms with Crippen LogP contribution >= 0.6 is 0 Å². The molecule has 0 heterocycles. The fourth-order valence-corrected chi connectivity index (χ4v) is 1.95. The van der Waals surface area contributed by atoms with Gasteiger partial charge in [0.2, 0.25) is 0 Å². The molecule has 0 aliphatic rings. The second-order valence-corrected chi connectivity index (χ2v) is 5.10. The Kier molecular flexibility index (Phi) is 6.40. The Morgan fingerprint density at radius 1 is 0.846 bits per heavy atom. The van der Waals surface area contributed by atoms with Gasteiger partial charge in [-0.15, -0.1) is 0 Å². The SMILES string of the molecule is CNC(C)C(CC(C)C)CC(C)C. The fourth-order valence-electron chi connectivity index (χ4n) is 1.95. The summed E-state index contributed by atoms with van der Waals surface area (Å²) in [4.78, 5) is 0. The third-order valence-corrected chi connectivity index (χ3v) is 2.71. The maximum absolute atomic E-state index is 3.38. The van der Waals surface area contributed by atoms with Crippen LogP contribution in [0.3, 0.4) is 0 Å². The minimum Gasteiger partial charge on any atom is -0.317 e. The minimum atomic E-state index is 0.657. The molecule has 13 heavy (non-hydrogen) atoms. The van der Waals surface area contributed by atoms with E-state index in [-0.39, 0.29) is 0 Å². The van der Waals surface area contributed by atoms with E-state index in [1.807, 2.05) is 0 Å². The van der Waals surface area contributed by atoms with Crippen molar-refractivity contribution in [2.75, 3.05) is 7.05 Å². The number of nitrogens with one attached hydrogen (secondary N) is 1. The standard InChI is InChI=1S/C12H27N/c1-9(2)7-12(8-10(3)4)11(5)13-6/h9-13H,7-8H2,1-6H3. The molecule has 0 amide bonds. The lowest BCUT2D eigenvalue weighted by Crippen LogP contribution is -2.32. The summed E-state index contributed by atoms with van der Waals surface area (Å²) in [5.74, 6) is 2.48. The highest BCUT2D eigenvalue weighted by Gasteiger charge is 2.18. The van der Waals surface area contributed by atoms with Crippen molar-refractivity contribution in [3.05, 3.63) is 0 Å². The first-order valence-corrected chi connectivity index (χ1v) is 5.64. The van der Waals surface area contributed by atoms with Gasteiger partial charge in [0.15, 0.2) is 0 Å². The molecule has 1 unspecified atom stereocenters. The summed E-state index contributed by atoms with van der Waals surface area (Å²) in [6.45, 7) is 11.6. The van der Waals surface area contributed by atoms with E-state index in [0.29, 0.717) is 6.04 Å². The predicted molar refractivity (Wildman–Crippen MR) is 60.9 cm³/mol. The zero-order chi connectivity index (χ0) is 10.4. The molecule has 0 saturated heterocycles. The van der Waals surface area contributed by atoms with Crippen LogP contribution in [-0.2, 0) is 0 Å². The van der Waals surface area contributed by atoms with Gasteiger partial charge >= 0.3 is 0 Å². The molecule has 1 nitrogen and oxygen atoms in total. The molecule has 0 aromatic carbocycles. The highest BCUT2D eigenvalue weighted by molar-refractivity contribution is 4.73. The van der Waals surface area contributed by atoms with Gasteiger partial charge in [0.25, 0.3) is 0 Å². The second-order valence-electron chi connectivity index (χ2n) is 5.10. The highest BCUT2D eigenvalue weighted by atomic mass is 14.9. The van der Waals surface area contributed by atoms with Crippen LogP contribution in [0.2, 0.25) is 0 Å². The van der Waals surface area contributed by atoms with E-state index in [2.05, 4.69) is 47.0 Å². The van der Waals surface area contributed by atoms with Crippen LogP contribution in [0.25, 0.3) is 0 Å². The molecule has 0 aromatic heterocycles. The van der Waals surface area contributed by atoms with Crippen molar-refractivity contribution >= 4 is 0 Å². The van der Waals surface area contributed by atoms with Crippen LogP contribution < -0.4 is 5.32 Å². The van der Waals surface area contributed by atoms with Gasteiger partial charge in [-0.25, -0.2) is 0 Å². The quantitative estimate of drug-likeness (QED) is 0.669. The molecule has 1 atom stereocenters. The molecule has 80 valence electrons. The van der Waals surface area contributed by atoms with Crippen molar-refractivity contribution in [3.63, 3.8) is 0 Å². The lowest BCUT2D eigenvalue weighted by atomic mass is 9.85. The molecule has 0 aliphatic heterocycles. The first kappa shape index (κ1) is 13.0. The van der Waals surface area contributed by atoms with Crippen LogP contribution in [0.1, 0.15) is 47.5 Å². The summed E-state index contributed by atoms with van der Waals surface area (Å²) in [6.07, 6.45) is 2.69. The molecule has 0 spiro atoms. The van der Waals surface area contributed by atoms with Crippen LogP contribution in [0.15, 0.2) is 0 Å². The zero-order valence-electron chi connectivity index (χ0n) is 10.2. The molecule has 0 saturated carbocycles. The van der Waals surface area contributed by atoms with Crippen molar-refractivity contribution in [2.45, 2.75) is 53.5 Å². The van der Waals surface area contributed by atoms with Gasteiger partial charge < -0.3 is 5.32 Å². The summed E-state index contributed by atoms with van der Waals surface area (Å²) < 4.78 is 0. The number of hydrogen-bond acceptors (Lipinski definition) is 1. The fraction of sp³-hybridized carbons (Fsp3) is 1.00. The largest absolute Gasteiger partial charge is 0.317 e. The van der Waals surface area contributed by atoms with E-state index >= 15 is 0 Å². The summed E-state index contributed by atoms with van der Waals surface area (Å²) in [5.41, 5.74) is 0. The molecule has 0 radical (unpaired) electrons. The Labute approximate surface area is 84.3 Å². The van der Waals surface area contributed by atoms with Crippen LogP contribution in [0.5, 0.6) is 0 Å². The topological polar surface area (TPSA) is 12.0 Å². The Morgan fingerprint density at radius 2 is 1.23 bits per heavy atom. The smallest absolute Gasteiger partial charge is 0.00641 e. The monoisotopic (exact) mass is 185 g/mol. The minimum absolute atomic E-state index is 0.657. The van der Waals surface area contributed by atoms with Crippen LogP contribution in [0.4, 0.5) is 0 Å².